The van der Waals surface area contributed by atoms with Crippen molar-refractivity contribution >= 4 is 27.6 Å². The van der Waals surface area contributed by atoms with Gasteiger partial charge in [0.05, 0.1) is 11.6 Å². The second-order valence-electron chi connectivity index (χ2n) is 7.95. The number of nitrogens with one attached hydrogen (secondary N) is 1. The van der Waals surface area contributed by atoms with E-state index in [-0.39, 0.29) is 22.5 Å². The van der Waals surface area contributed by atoms with Crippen molar-refractivity contribution in [3.05, 3.63) is 36.4 Å². The Bertz CT molecular complexity index is 891. The molecule has 1 amide bonds. The molecule has 8 heteroatoms. The maximum atomic E-state index is 13.2. The van der Waals surface area contributed by atoms with Crippen LogP contribution < -0.4 is 5.32 Å². The lowest BCUT2D eigenvalue weighted by atomic mass is 9.95. The normalized spacial score (nSPS) is 20.1. The molecule has 1 aromatic rings. The number of hydrogen-bond donors (Lipinski definition) is 1. The molecule has 1 aromatic carbocycles. The molecule has 0 heterocycles. The van der Waals surface area contributed by atoms with Crippen molar-refractivity contribution in [2.24, 2.45) is 5.92 Å². The Morgan fingerprint density at radius 2 is 1.83 bits per heavy atom. The summed E-state index contributed by atoms with van der Waals surface area (Å²) >= 11 is 0. The maximum Gasteiger partial charge on any atom is 0.309 e. The number of carbonyl (C=O) groups excluding carboxylic acids is 2. The van der Waals surface area contributed by atoms with E-state index in [9.17, 15) is 18.0 Å². The molecule has 0 bridgehead atoms. The molecule has 1 fully saturated rings. The molecule has 0 spiro atoms. The van der Waals surface area contributed by atoms with E-state index >= 15 is 0 Å². The molecule has 1 atom stereocenters. The van der Waals surface area contributed by atoms with Gasteiger partial charge in [-0.1, -0.05) is 43.5 Å². The third-order valence-corrected chi connectivity index (χ3v) is 7.82. The van der Waals surface area contributed by atoms with Gasteiger partial charge in [0.15, 0.2) is 6.61 Å². The predicted molar refractivity (Wildman–Crippen MR) is 114 cm³/mol. The number of rotatable bonds is 7. The number of allylic oxidation sites excluding steroid dienone is 2. The fourth-order valence-corrected chi connectivity index (χ4v) is 5.60. The highest BCUT2D eigenvalue weighted by atomic mass is 32.2. The summed E-state index contributed by atoms with van der Waals surface area (Å²) in [5.74, 6) is -1.18. The molecule has 1 N–H and O–H groups in total. The van der Waals surface area contributed by atoms with Crippen LogP contribution in [0, 0.1) is 5.92 Å². The second-order valence-corrected chi connectivity index (χ2v) is 9.91. The van der Waals surface area contributed by atoms with Crippen molar-refractivity contribution in [3.63, 3.8) is 0 Å². The number of para-hydroxylation sites is 1. The number of sulfonamides is 1. The molecule has 0 aromatic heterocycles. The van der Waals surface area contributed by atoms with Crippen LogP contribution in [-0.4, -0.2) is 44.3 Å². The number of esters is 1. The second kappa shape index (κ2) is 10.2. The average Bonchev–Trinajstić information content (AvgIpc) is 2.78. The molecular formula is C22H30N2O5S. The largest absolute Gasteiger partial charge is 0.455 e. The monoisotopic (exact) mass is 434 g/mol. The van der Waals surface area contributed by atoms with E-state index in [0.29, 0.717) is 12.8 Å². The first-order chi connectivity index (χ1) is 14.4. The minimum atomic E-state index is -3.76. The van der Waals surface area contributed by atoms with Gasteiger partial charge in [0.2, 0.25) is 10.0 Å². The van der Waals surface area contributed by atoms with Gasteiger partial charge in [0.1, 0.15) is 4.90 Å². The molecule has 7 nitrogen and oxygen atoms in total. The summed E-state index contributed by atoms with van der Waals surface area (Å²) < 4.78 is 32.9. The summed E-state index contributed by atoms with van der Waals surface area (Å²) in [6.45, 7) is -0.439. The van der Waals surface area contributed by atoms with Gasteiger partial charge in [-0.3, -0.25) is 9.59 Å². The number of carbonyl (C=O) groups is 2. The van der Waals surface area contributed by atoms with E-state index in [1.807, 2.05) is 12.2 Å². The van der Waals surface area contributed by atoms with Gasteiger partial charge in [-0.15, -0.1) is 0 Å². The minimum absolute atomic E-state index is 0.0296. The van der Waals surface area contributed by atoms with E-state index in [1.54, 1.807) is 25.2 Å². The Morgan fingerprint density at radius 1 is 1.10 bits per heavy atom. The van der Waals surface area contributed by atoms with Crippen molar-refractivity contribution in [1.82, 2.24) is 4.31 Å². The molecule has 164 valence electrons. The Labute approximate surface area is 178 Å². The topological polar surface area (TPSA) is 92.8 Å². The van der Waals surface area contributed by atoms with Crippen LogP contribution in [0.3, 0.4) is 0 Å². The summed E-state index contributed by atoms with van der Waals surface area (Å²) in [5, 5.41) is 2.60. The molecule has 0 unspecified atom stereocenters. The molecule has 0 aliphatic heterocycles. The molecule has 3 rings (SSSR count). The van der Waals surface area contributed by atoms with Crippen LogP contribution in [0.5, 0.6) is 0 Å². The van der Waals surface area contributed by atoms with Gasteiger partial charge >= 0.3 is 5.97 Å². The summed E-state index contributed by atoms with van der Waals surface area (Å²) in [6.07, 6.45) is 11.0. The lowest BCUT2D eigenvalue weighted by Crippen LogP contribution is -2.38. The van der Waals surface area contributed by atoms with Gasteiger partial charge in [0.25, 0.3) is 5.91 Å². The Morgan fingerprint density at radius 3 is 2.53 bits per heavy atom. The lowest BCUT2D eigenvalue weighted by Gasteiger charge is -2.30. The Balaban J connectivity index is 1.64. The van der Waals surface area contributed by atoms with Crippen LogP contribution in [0.4, 0.5) is 5.69 Å². The maximum absolute atomic E-state index is 13.2. The summed E-state index contributed by atoms with van der Waals surface area (Å²) in [6, 6.07) is 6.31. The van der Waals surface area contributed by atoms with E-state index < -0.39 is 28.5 Å². The van der Waals surface area contributed by atoms with Gasteiger partial charge in [0, 0.05) is 13.1 Å². The van der Waals surface area contributed by atoms with Gasteiger partial charge in [-0.05, 0) is 44.2 Å². The van der Waals surface area contributed by atoms with Crippen molar-refractivity contribution in [1.29, 1.82) is 0 Å². The molecular weight excluding hydrogens is 404 g/mol. The molecule has 30 heavy (non-hydrogen) atoms. The number of nitrogens with zero attached hydrogens (tertiary/aromatic N) is 1. The highest BCUT2D eigenvalue weighted by Crippen LogP contribution is 2.29. The first-order valence-electron chi connectivity index (χ1n) is 10.6. The zero-order valence-electron chi connectivity index (χ0n) is 17.4. The van der Waals surface area contributed by atoms with Gasteiger partial charge in [-0.2, -0.15) is 4.31 Å². The van der Waals surface area contributed by atoms with Crippen LogP contribution >= 0.6 is 0 Å². The quantitative estimate of drug-likeness (QED) is 0.524. The third-order valence-electron chi connectivity index (χ3n) is 5.86. The highest BCUT2D eigenvalue weighted by molar-refractivity contribution is 7.89. The standard InChI is InChI=1S/C22H30N2O5S/c1-24(18-12-6-3-7-13-18)30(27,28)20-15-9-8-14-19(20)23-21(25)16-29-22(26)17-10-4-2-5-11-17/h2,4,8-9,14-15,17-18H,3,5-7,10-13,16H2,1H3,(H,23,25)/t17-/m0/s1. The van der Waals surface area contributed by atoms with E-state index in [0.717, 1.165) is 38.5 Å². The van der Waals surface area contributed by atoms with Gasteiger partial charge < -0.3 is 10.1 Å². The number of amides is 1. The third kappa shape index (κ3) is 5.49. The van der Waals surface area contributed by atoms with Crippen molar-refractivity contribution in [2.45, 2.75) is 62.3 Å². The van der Waals surface area contributed by atoms with Crippen LogP contribution in [-0.2, 0) is 24.3 Å². The fraction of sp³-hybridized carbons (Fsp3) is 0.545. The summed E-state index contributed by atoms with van der Waals surface area (Å²) in [4.78, 5) is 24.5. The van der Waals surface area contributed by atoms with Crippen LogP contribution in [0.15, 0.2) is 41.3 Å². The van der Waals surface area contributed by atoms with Crippen molar-refractivity contribution < 1.29 is 22.7 Å². The molecule has 2 aliphatic rings. The Hall–Kier alpha value is -2.19. The first kappa shape index (κ1) is 22.5. The molecule has 0 radical (unpaired) electrons. The number of hydrogen-bond acceptors (Lipinski definition) is 5. The summed E-state index contributed by atoms with van der Waals surface area (Å²) in [5.41, 5.74) is 0.196. The number of ether oxygens (including phenoxy) is 1. The predicted octanol–water partition coefficient (Wildman–Crippen LogP) is 3.48. The highest BCUT2D eigenvalue weighted by Gasteiger charge is 2.31. The minimum Gasteiger partial charge on any atom is -0.455 e. The van der Waals surface area contributed by atoms with Crippen LogP contribution in [0.2, 0.25) is 0 Å². The molecule has 0 saturated heterocycles. The molecule has 2 aliphatic carbocycles. The smallest absolute Gasteiger partial charge is 0.309 e. The van der Waals surface area contributed by atoms with Crippen molar-refractivity contribution in [2.75, 3.05) is 19.0 Å². The number of anilines is 1. The number of benzene rings is 1. The van der Waals surface area contributed by atoms with Crippen LogP contribution in [0.1, 0.15) is 51.4 Å². The zero-order valence-corrected chi connectivity index (χ0v) is 18.2. The zero-order chi connectivity index (χ0) is 21.6. The Kier molecular flexibility index (Phi) is 7.66. The first-order valence-corrected chi connectivity index (χ1v) is 12.0. The average molecular weight is 435 g/mol. The fourth-order valence-electron chi connectivity index (χ4n) is 4.04. The lowest BCUT2D eigenvalue weighted by molar-refractivity contribution is -0.151. The SMILES string of the molecule is CN(C1CCCCC1)S(=O)(=O)c1ccccc1NC(=O)COC(=O)[C@H]1CC=CCC1. The summed E-state index contributed by atoms with van der Waals surface area (Å²) in [7, 11) is -2.16. The van der Waals surface area contributed by atoms with Crippen molar-refractivity contribution in [3.8, 4) is 0 Å². The van der Waals surface area contributed by atoms with E-state index in [2.05, 4.69) is 5.32 Å². The van der Waals surface area contributed by atoms with Gasteiger partial charge in [-0.25, -0.2) is 8.42 Å². The van der Waals surface area contributed by atoms with E-state index in [4.69, 9.17) is 4.74 Å². The van der Waals surface area contributed by atoms with Crippen LogP contribution in [0.25, 0.3) is 0 Å². The molecule has 1 saturated carbocycles. The van der Waals surface area contributed by atoms with E-state index in [1.165, 1.54) is 10.4 Å².